The molecule has 0 atom stereocenters. The summed E-state index contributed by atoms with van der Waals surface area (Å²) in [5.74, 6) is 0.991. The van der Waals surface area contributed by atoms with E-state index in [-0.39, 0.29) is 0 Å². The van der Waals surface area contributed by atoms with Gasteiger partial charge < -0.3 is 0 Å². The Morgan fingerprint density at radius 3 is 3.36 bits per heavy atom. The highest BCUT2D eigenvalue weighted by Gasteiger charge is 2.17. The number of nitrogens with zero attached hydrogens (tertiary/aromatic N) is 2. The van der Waals surface area contributed by atoms with Crippen LogP contribution in [-0.2, 0) is 0 Å². The Hall–Kier alpha value is -0.610. The predicted octanol–water partition coefficient (Wildman–Crippen LogP) is 1.36. The summed E-state index contributed by atoms with van der Waals surface area (Å²) in [4.78, 5) is 4.23. The summed E-state index contributed by atoms with van der Waals surface area (Å²) in [5.41, 5.74) is 4.30. The number of aliphatic imine (C=N–C) groups is 1. The molecule has 2 aliphatic rings. The third-order valence-corrected chi connectivity index (χ3v) is 2.52. The van der Waals surface area contributed by atoms with Crippen LogP contribution in [-0.4, -0.2) is 17.5 Å². The maximum Gasteiger partial charge on any atom is 0.143 e. The molecule has 2 rings (SSSR count). The van der Waals surface area contributed by atoms with Gasteiger partial charge in [0.05, 0.1) is 0 Å². The molecule has 0 spiro atoms. The standard InChI is InChI=1S/C7H8BrN3/c1-5-2-7-9-4-10-11(7)3-6(5)8/h2-3,10H,4H2,1H3. The lowest BCUT2D eigenvalue weighted by molar-refractivity contribution is 0.451. The van der Waals surface area contributed by atoms with Gasteiger partial charge in [0.2, 0.25) is 0 Å². The molecule has 0 aromatic rings. The third kappa shape index (κ3) is 1.12. The van der Waals surface area contributed by atoms with E-state index < -0.39 is 0 Å². The largest absolute Gasteiger partial charge is 0.264 e. The van der Waals surface area contributed by atoms with E-state index in [0.717, 1.165) is 10.3 Å². The lowest BCUT2D eigenvalue weighted by Gasteiger charge is -2.18. The monoisotopic (exact) mass is 213 g/mol. The van der Waals surface area contributed by atoms with Gasteiger partial charge in [-0.1, -0.05) is 0 Å². The van der Waals surface area contributed by atoms with Gasteiger partial charge in [-0.2, -0.15) is 0 Å². The molecule has 1 N–H and O–H groups in total. The quantitative estimate of drug-likeness (QED) is 0.659. The molecule has 0 saturated heterocycles. The Morgan fingerprint density at radius 2 is 2.55 bits per heavy atom. The van der Waals surface area contributed by atoms with Crippen molar-refractivity contribution in [3.63, 3.8) is 0 Å². The predicted molar refractivity (Wildman–Crippen MR) is 48.0 cm³/mol. The molecule has 0 bridgehead atoms. The lowest BCUT2D eigenvalue weighted by atomic mass is 10.2. The molecule has 0 radical (unpaired) electrons. The van der Waals surface area contributed by atoms with Gasteiger partial charge in [-0.05, 0) is 34.5 Å². The van der Waals surface area contributed by atoms with Gasteiger partial charge in [-0.15, -0.1) is 0 Å². The van der Waals surface area contributed by atoms with E-state index in [4.69, 9.17) is 0 Å². The molecular weight excluding hydrogens is 206 g/mol. The van der Waals surface area contributed by atoms with Crippen LogP contribution in [0.25, 0.3) is 0 Å². The lowest BCUT2D eigenvalue weighted by Crippen LogP contribution is -2.32. The topological polar surface area (TPSA) is 27.6 Å². The van der Waals surface area contributed by atoms with E-state index in [1.165, 1.54) is 5.57 Å². The Labute approximate surface area is 73.6 Å². The van der Waals surface area contributed by atoms with Gasteiger partial charge >= 0.3 is 0 Å². The number of halogens is 1. The van der Waals surface area contributed by atoms with Crippen LogP contribution < -0.4 is 5.43 Å². The van der Waals surface area contributed by atoms with Crippen molar-refractivity contribution < 1.29 is 0 Å². The van der Waals surface area contributed by atoms with Gasteiger partial charge in [0, 0.05) is 10.7 Å². The van der Waals surface area contributed by atoms with Crippen LogP contribution in [0, 0.1) is 0 Å². The van der Waals surface area contributed by atoms with Gasteiger partial charge in [-0.25, -0.2) is 10.4 Å². The second kappa shape index (κ2) is 2.46. The van der Waals surface area contributed by atoms with Crippen LogP contribution in [0.15, 0.2) is 27.3 Å². The summed E-state index contributed by atoms with van der Waals surface area (Å²) in [5, 5.41) is 1.91. The third-order valence-electron chi connectivity index (χ3n) is 1.69. The maximum absolute atomic E-state index is 4.23. The molecule has 0 aliphatic carbocycles. The molecule has 3 nitrogen and oxygen atoms in total. The summed E-state index contributed by atoms with van der Waals surface area (Å²) in [6, 6.07) is 0. The number of hydrazine groups is 1. The van der Waals surface area contributed by atoms with Crippen molar-refractivity contribution in [2.24, 2.45) is 4.99 Å². The van der Waals surface area contributed by atoms with Gasteiger partial charge in [0.25, 0.3) is 0 Å². The highest BCUT2D eigenvalue weighted by molar-refractivity contribution is 9.12. The Balaban J connectivity index is 2.37. The summed E-state index contributed by atoms with van der Waals surface area (Å²) in [7, 11) is 0. The number of nitrogens with one attached hydrogen (secondary N) is 1. The first-order valence-corrected chi connectivity index (χ1v) is 4.20. The van der Waals surface area contributed by atoms with Crippen molar-refractivity contribution in [3.8, 4) is 0 Å². The Bertz CT molecular complexity index is 277. The SMILES string of the molecule is CC1=CC2=NCNN2C=C1Br. The summed E-state index contributed by atoms with van der Waals surface area (Å²) < 4.78 is 1.10. The zero-order valence-electron chi connectivity index (χ0n) is 6.13. The fraction of sp³-hybridized carbons (Fsp3) is 0.286. The maximum atomic E-state index is 4.23. The van der Waals surface area contributed by atoms with Crippen LogP contribution in [0.3, 0.4) is 0 Å². The molecule has 11 heavy (non-hydrogen) atoms. The minimum Gasteiger partial charge on any atom is -0.264 e. The normalized spacial score (nSPS) is 22.4. The fourth-order valence-electron chi connectivity index (χ4n) is 1.05. The van der Waals surface area contributed by atoms with Crippen LogP contribution in [0.2, 0.25) is 0 Å². The number of rotatable bonds is 0. The van der Waals surface area contributed by atoms with Crippen molar-refractivity contribution in [3.05, 3.63) is 22.3 Å². The highest BCUT2D eigenvalue weighted by Crippen LogP contribution is 2.22. The van der Waals surface area contributed by atoms with E-state index in [9.17, 15) is 0 Å². The van der Waals surface area contributed by atoms with Crippen molar-refractivity contribution in [1.29, 1.82) is 0 Å². The molecule has 0 aromatic carbocycles. The molecule has 0 aromatic heterocycles. The van der Waals surface area contributed by atoms with E-state index in [2.05, 4.69) is 33.3 Å². The second-order valence-corrected chi connectivity index (χ2v) is 3.36. The fourth-order valence-corrected chi connectivity index (χ4v) is 1.37. The minimum atomic E-state index is 0.676. The first-order valence-electron chi connectivity index (χ1n) is 3.40. The van der Waals surface area contributed by atoms with Crippen LogP contribution >= 0.6 is 15.9 Å². The van der Waals surface area contributed by atoms with Gasteiger partial charge in [0.1, 0.15) is 12.5 Å². The molecule has 2 aliphatic heterocycles. The van der Waals surface area contributed by atoms with Crippen LogP contribution in [0.5, 0.6) is 0 Å². The number of hydrogen-bond acceptors (Lipinski definition) is 3. The van der Waals surface area contributed by atoms with Gasteiger partial charge in [-0.3, -0.25) is 5.01 Å². The highest BCUT2D eigenvalue weighted by atomic mass is 79.9. The summed E-state index contributed by atoms with van der Waals surface area (Å²) in [6.07, 6.45) is 4.03. The number of amidine groups is 1. The zero-order valence-corrected chi connectivity index (χ0v) is 7.72. The number of allylic oxidation sites excluding steroid dienone is 2. The zero-order chi connectivity index (χ0) is 7.84. The number of fused-ring (bicyclic) bond motifs is 1. The van der Waals surface area contributed by atoms with Crippen LogP contribution in [0.4, 0.5) is 0 Å². The van der Waals surface area contributed by atoms with Gasteiger partial charge in [0.15, 0.2) is 0 Å². The van der Waals surface area contributed by atoms with E-state index in [1.807, 2.05) is 17.3 Å². The molecule has 2 heterocycles. The molecule has 0 fully saturated rings. The molecule has 0 saturated carbocycles. The first kappa shape index (κ1) is 7.06. The van der Waals surface area contributed by atoms with E-state index in [0.29, 0.717) is 6.67 Å². The molecule has 4 heteroatoms. The second-order valence-electron chi connectivity index (χ2n) is 2.51. The summed E-state index contributed by atoms with van der Waals surface area (Å²) in [6.45, 7) is 2.73. The average molecular weight is 214 g/mol. The van der Waals surface area contributed by atoms with Crippen molar-refractivity contribution >= 4 is 21.8 Å². The minimum absolute atomic E-state index is 0.676. The summed E-state index contributed by atoms with van der Waals surface area (Å²) >= 11 is 3.45. The molecular formula is C7H8BrN3. The van der Waals surface area contributed by atoms with Crippen molar-refractivity contribution in [2.75, 3.05) is 6.67 Å². The van der Waals surface area contributed by atoms with Crippen molar-refractivity contribution in [2.45, 2.75) is 6.92 Å². The van der Waals surface area contributed by atoms with Crippen LogP contribution in [0.1, 0.15) is 6.92 Å². The number of hydrogen-bond donors (Lipinski definition) is 1. The van der Waals surface area contributed by atoms with Crippen molar-refractivity contribution in [1.82, 2.24) is 10.4 Å². The first-order chi connectivity index (χ1) is 5.27. The Morgan fingerprint density at radius 1 is 1.73 bits per heavy atom. The molecule has 0 amide bonds. The van der Waals surface area contributed by atoms with E-state index >= 15 is 0 Å². The molecule has 0 unspecified atom stereocenters. The average Bonchev–Trinajstić information content (AvgIpc) is 2.36. The Kier molecular flexibility index (Phi) is 1.58. The smallest absolute Gasteiger partial charge is 0.143 e. The molecule has 58 valence electrons. The van der Waals surface area contributed by atoms with E-state index in [1.54, 1.807) is 0 Å².